The Bertz CT molecular complexity index is 510. The van der Waals surface area contributed by atoms with Crippen LogP contribution in [0, 0.1) is 5.92 Å². The van der Waals surface area contributed by atoms with E-state index in [-0.39, 0.29) is 17.6 Å². The topological polar surface area (TPSA) is 64.2 Å². The Hall–Kier alpha value is -0.880. The van der Waals surface area contributed by atoms with Gasteiger partial charge in [0.2, 0.25) is 0 Å². The molecule has 1 atom stereocenters. The van der Waals surface area contributed by atoms with Crippen LogP contribution in [0.15, 0.2) is 15.5 Å². The fourth-order valence-corrected chi connectivity index (χ4v) is 2.94. The van der Waals surface area contributed by atoms with Crippen LogP contribution in [0.4, 0.5) is 5.69 Å². The Morgan fingerprint density at radius 3 is 2.68 bits per heavy atom. The normalized spacial score (nSPS) is 16.7. The molecule has 0 aromatic carbocycles. The van der Waals surface area contributed by atoms with E-state index in [2.05, 4.69) is 25.9 Å². The summed E-state index contributed by atoms with van der Waals surface area (Å²) in [7, 11) is 1.98. The van der Waals surface area contributed by atoms with Gasteiger partial charge in [-0.25, -0.2) is 4.68 Å². The lowest BCUT2D eigenvalue weighted by atomic mass is 10.1. The Morgan fingerprint density at radius 2 is 2.21 bits per heavy atom. The van der Waals surface area contributed by atoms with E-state index in [1.165, 1.54) is 17.5 Å². The Kier molecular flexibility index (Phi) is 4.30. The first kappa shape index (κ1) is 14.5. The Balaban J connectivity index is 2.34. The molecule has 1 saturated carbocycles. The highest BCUT2D eigenvalue weighted by molar-refractivity contribution is 9.10. The number of nitrogens with two attached hydrogens (primary N) is 1. The summed E-state index contributed by atoms with van der Waals surface area (Å²) in [4.78, 5) is 14.3. The summed E-state index contributed by atoms with van der Waals surface area (Å²) in [5.41, 5.74) is 6.59. The maximum Gasteiger partial charge on any atom is 0.283 e. The Labute approximate surface area is 121 Å². The van der Waals surface area contributed by atoms with Gasteiger partial charge in [0.25, 0.3) is 5.56 Å². The van der Waals surface area contributed by atoms with Crippen molar-refractivity contribution in [1.29, 1.82) is 0 Å². The second-order valence-corrected chi connectivity index (χ2v) is 6.23. The molecule has 6 heteroatoms. The molecule has 19 heavy (non-hydrogen) atoms. The number of halogens is 1. The maximum absolute atomic E-state index is 12.2. The zero-order valence-electron chi connectivity index (χ0n) is 11.6. The van der Waals surface area contributed by atoms with Crippen LogP contribution in [-0.4, -0.2) is 29.4 Å². The lowest BCUT2D eigenvalue weighted by molar-refractivity contribution is 0.497. The molecule has 5 nitrogen and oxygen atoms in total. The highest BCUT2D eigenvalue weighted by Gasteiger charge is 2.34. The summed E-state index contributed by atoms with van der Waals surface area (Å²) >= 11 is 3.41. The van der Waals surface area contributed by atoms with Crippen LogP contribution in [-0.2, 0) is 0 Å². The summed E-state index contributed by atoms with van der Waals surface area (Å²) in [6.07, 6.45) is 4.19. The number of anilines is 1. The Morgan fingerprint density at radius 1 is 1.58 bits per heavy atom. The van der Waals surface area contributed by atoms with E-state index >= 15 is 0 Å². The minimum Gasteiger partial charge on any atom is -0.368 e. The van der Waals surface area contributed by atoms with Crippen molar-refractivity contribution >= 4 is 21.6 Å². The van der Waals surface area contributed by atoms with E-state index in [0.717, 1.165) is 5.69 Å². The van der Waals surface area contributed by atoms with Gasteiger partial charge in [-0.3, -0.25) is 4.79 Å². The molecule has 1 aliphatic rings. The third kappa shape index (κ3) is 2.84. The number of aromatic nitrogens is 2. The van der Waals surface area contributed by atoms with E-state index in [1.54, 1.807) is 6.20 Å². The minimum atomic E-state index is -0.0917. The van der Waals surface area contributed by atoms with Crippen molar-refractivity contribution in [3.8, 4) is 0 Å². The molecule has 0 spiro atoms. The summed E-state index contributed by atoms with van der Waals surface area (Å²) in [5.74, 6) is 0.648. The van der Waals surface area contributed by atoms with Crippen molar-refractivity contribution in [1.82, 2.24) is 9.78 Å². The molecule has 0 bridgehead atoms. The van der Waals surface area contributed by atoms with E-state index in [4.69, 9.17) is 5.73 Å². The molecule has 1 heterocycles. The van der Waals surface area contributed by atoms with Gasteiger partial charge in [-0.1, -0.05) is 0 Å². The number of nitrogens with zero attached hydrogens (tertiary/aromatic N) is 3. The van der Waals surface area contributed by atoms with Crippen LogP contribution in [0.2, 0.25) is 0 Å². The number of hydrogen-bond donors (Lipinski definition) is 1. The lowest BCUT2D eigenvalue weighted by Gasteiger charge is -2.29. The summed E-state index contributed by atoms with van der Waals surface area (Å²) in [5, 5.41) is 4.25. The van der Waals surface area contributed by atoms with Crippen molar-refractivity contribution in [3.63, 3.8) is 0 Å². The van der Waals surface area contributed by atoms with Gasteiger partial charge in [-0.15, -0.1) is 0 Å². The van der Waals surface area contributed by atoms with Gasteiger partial charge in [0.05, 0.1) is 17.9 Å². The lowest BCUT2D eigenvalue weighted by Crippen LogP contribution is -2.41. The fraction of sp³-hybridized carbons (Fsp3) is 0.692. The molecule has 0 aliphatic heterocycles. The van der Waals surface area contributed by atoms with Gasteiger partial charge in [-0.05, 0) is 48.5 Å². The molecule has 2 rings (SSSR count). The average molecular weight is 329 g/mol. The quantitative estimate of drug-likeness (QED) is 0.894. The van der Waals surface area contributed by atoms with Gasteiger partial charge >= 0.3 is 0 Å². The van der Waals surface area contributed by atoms with Crippen LogP contribution >= 0.6 is 15.9 Å². The first-order valence-electron chi connectivity index (χ1n) is 6.67. The SMILES string of the molecule is CC(C)n1ncc(N(C)C(CN)C2CC2)c(Br)c1=O. The summed E-state index contributed by atoms with van der Waals surface area (Å²) in [6.45, 7) is 4.48. The largest absolute Gasteiger partial charge is 0.368 e. The molecule has 1 aromatic rings. The van der Waals surface area contributed by atoms with Gasteiger partial charge in [0.15, 0.2) is 0 Å². The van der Waals surface area contributed by atoms with Crippen LogP contribution in [0.1, 0.15) is 32.7 Å². The highest BCUT2D eigenvalue weighted by Crippen LogP contribution is 2.37. The molecular formula is C13H21BrN4O. The molecule has 1 unspecified atom stereocenters. The third-order valence-corrected chi connectivity index (χ3v) is 4.44. The van der Waals surface area contributed by atoms with Crippen LogP contribution < -0.4 is 16.2 Å². The highest BCUT2D eigenvalue weighted by atomic mass is 79.9. The number of rotatable bonds is 5. The molecule has 2 N–H and O–H groups in total. The zero-order chi connectivity index (χ0) is 14.2. The van der Waals surface area contributed by atoms with Crippen molar-refractivity contribution in [2.45, 2.75) is 38.8 Å². The van der Waals surface area contributed by atoms with Gasteiger partial charge in [-0.2, -0.15) is 5.10 Å². The van der Waals surface area contributed by atoms with Crippen LogP contribution in [0.5, 0.6) is 0 Å². The van der Waals surface area contributed by atoms with E-state index in [9.17, 15) is 4.79 Å². The smallest absolute Gasteiger partial charge is 0.283 e. The molecule has 0 saturated heterocycles. The van der Waals surface area contributed by atoms with Crippen molar-refractivity contribution in [3.05, 3.63) is 21.0 Å². The van der Waals surface area contributed by atoms with Crippen LogP contribution in [0.3, 0.4) is 0 Å². The van der Waals surface area contributed by atoms with E-state index < -0.39 is 0 Å². The third-order valence-electron chi connectivity index (χ3n) is 3.70. The second-order valence-electron chi connectivity index (χ2n) is 5.44. The molecule has 0 amide bonds. The van der Waals surface area contributed by atoms with Crippen LogP contribution in [0.25, 0.3) is 0 Å². The summed E-state index contributed by atoms with van der Waals surface area (Å²) < 4.78 is 2.05. The number of likely N-dealkylation sites (N-methyl/N-ethyl adjacent to an activating group) is 1. The molecule has 106 valence electrons. The van der Waals surface area contributed by atoms with E-state index in [0.29, 0.717) is 16.9 Å². The second kappa shape index (κ2) is 5.63. The van der Waals surface area contributed by atoms with Crippen molar-refractivity contribution in [2.24, 2.45) is 11.7 Å². The first-order chi connectivity index (χ1) is 8.97. The summed E-state index contributed by atoms with van der Waals surface area (Å²) in [6, 6.07) is 0.337. The van der Waals surface area contributed by atoms with Gasteiger partial charge in [0.1, 0.15) is 4.47 Å². The van der Waals surface area contributed by atoms with Crippen molar-refractivity contribution in [2.75, 3.05) is 18.5 Å². The standard InChI is InChI=1S/C13H21BrN4O/c1-8(2)18-13(19)12(14)11(7-16-18)17(3)10(6-15)9-4-5-9/h7-10H,4-6,15H2,1-3H3. The van der Waals surface area contributed by atoms with Crippen molar-refractivity contribution < 1.29 is 0 Å². The molecule has 1 fully saturated rings. The van der Waals surface area contributed by atoms with E-state index in [1.807, 2.05) is 20.9 Å². The molecule has 0 radical (unpaired) electrons. The van der Waals surface area contributed by atoms with Gasteiger partial charge in [0, 0.05) is 19.6 Å². The molecular weight excluding hydrogens is 308 g/mol. The zero-order valence-corrected chi connectivity index (χ0v) is 13.2. The monoisotopic (exact) mass is 328 g/mol. The minimum absolute atomic E-state index is 0.0527. The fourth-order valence-electron chi connectivity index (χ4n) is 2.38. The predicted molar refractivity (Wildman–Crippen MR) is 80.6 cm³/mol. The predicted octanol–water partition coefficient (Wildman–Crippen LogP) is 1.76. The van der Waals surface area contributed by atoms with Gasteiger partial charge < -0.3 is 10.6 Å². The average Bonchev–Trinajstić information content (AvgIpc) is 3.17. The molecule has 1 aromatic heterocycles. The maximum atomic E-state index is 12.2. The molecule has 1 aliphatic carbocycles. The number of hydrogen-bond acceptors (Lipinski definition) is 4. The first-order valence-corrected chi connectivity index (χ1v) is 7.46.